The molecule has 6 heteroatoms. The lowest BCUT2D eigenvalue weighted by Gasteiger charge is -2.15. The van der Waals surface area contributed by atoms with Crippen LogP contribution < -0.4 is 10.6 Å². The predicted molar refractivity (Wildman–Crippen MR) is 65.4 cm³/mol. The normalized spacial score (nSPS) is 14.4. The Bertz CT molecular complexity index is 362. The Hall–Kier alpha value is -1.43. The highest BCUT2D eigenvalue weighted by Crippen LogP contribution is 2.05. The second kappa shape index (κ2) is 6.34. The summed E-state index contributed by atoms with van der Waals surface area (Å²) in [6.45, 7) is 6.49. The van der Waals surface area contributed by atoms with E-state index in [9.17, 15) is 4.79 Å². The molecular weight excluding hydrogens is 218 g/mol. The molecule has 96 valence electrons. The maximum absolute atomic E-state index is 11.9. The zero-order valence-electron chi connectivity index (χ0n) is 10.9. The van der Waals surface area contributed by atoms with Gasteiger partial charge in [0.25, 0.3) is 0 Å². The van der Waals surface area contributed by atoms with E-state index in [0.717, 1.165) is 12.1 Å². The number of nitrogens with zero attached hydrogens (tertiary/aromatic N) is 3. The van der Waals surface area contributed by atoms with Crippen LogP contribution in [0, 0.1) is 0 Å². The largest absolute Gasteiger partial charge is 0.352 e. The molecule has 1 amide bonds. The molecule has 0 aromatic carbocycles. The first-order chi connectivity index (χ1) is 8.08. The minimum Gasteiger partial charge on any atom is -0.352 e. The number of amides is 1. The Kier molecular flexibility index (Phi) is 5.09. The summed E-state index contributed by atoms with van der Waals surface area (Å²) in [6, 6.07) is -0.146. The number of hydrogen-bond donors (Lipinski definition) is 2. The lowest BCUT2D eigenvalue weighted by Crippen LogP contribution is -2.37. The van der Waals surface area contributed by atoms with E-state index < -0.39 is 0 Å². The molecule has 17 heavy (non-hydrogen) atoms. The molecule has 1 aromatic rings. The Morgan fingerprint density at radius 2 is 2.24 bits per heavy atom. The Morgan fingerprint density at radius 3 is 2.82 bits per heavy atom. The van der Waals surface area contributed by atoms with Gasteiger partial charge < -0.3 is 10.6 Å². The summed E-state index contributed by atoms with van der Waals surface area (Å²) >= 11 is 0. The van der Waals surface area contributed by atoms with E-state index in [1.165, 1.54) is 0 Å². The highest BCUT2D eigenvalue weighted by Gasteiger charge is 2.17. The standard InChI is InChI=1S/C11H21N5O/c1-5-8(2)13-11(17)9(3)16-7-10(6-12-4)14-15-16/h7-9,12H,5-6H2,1-4H3,(H,13,17). The van der Waals surface area contributed by atoms with Gasteiger partial charge >= 0.3 is 0 Å². The molecule has 1 aromatic heterocycles. The lowest BCUT2D eigenvalue weighted by atomic mass is 10.2. The van der Waals surface area contributed by atoms with Crippen molar-refractivity contribution in [3.8, 4) is 0 Å². The summed E-state index contributed by atoms with van der Waals surface area (Å²) in [5, 5.41) is 13.9. The van der Waals surface area contributed by atoms with Crippen molar-refractivity contribution in [3.63, 3.8) is 0 Å². The van der Waals surface area contributed by atoms with Crippen molar-refractivity contribution in [2.75, 3.05) is 7.05 Å². The van der Waals surface area contributed by atoms with E-state index in [1.807, 2.05) is 27.8 Å². The van der Waals surface area contributed by atoms with E-state index in [-0.39, 0.29) is 18.0 Å². The second-order valence-electron chi connectivity index (χ2n) is 4.21. The Morgan fingerprint density at radius 1 is 1.53 bits per heavy atom. The first-order valence-electron chi connectivity index (χ1n) is 5.94. The highest BCUT2D eigenvalue weighted by atomic mass is 16.2. The topological polar surface area (TPSA) is 71.8 Å². The zero-order chi connectivity index (χ0) is 12.8. The average molecular weight is 239 g/mol. The number of aromatic nitrogens is 3. The maximum atomic E-state index is 11.9. The van der Waals surface area contributed by atoms with Crippen molar-refractivity contribution in [1.82, 2.24) is 25.6 Å². The summed E-state index contributed by atoms with van der Waals surface area (Å²) < 4.78 is 1.59. The molecule has 0 aliphatic carbocycles. The van der Waals surface area contributed by atoms with Crippen molar-refractivity contribution in [2.24, 2.45) is 0 Å². The minimum atomic E-state index is -0.331. The zero-order valence-corrected chi connectivity index (χ0v) is 10.9. The van der Waals surface area contributed by atoms with Gasteiger partial charge in [-0.05, 0) is 27.3 Å². The van der Waals surface area contributed by atoms with E-state index in [1.54, 1.807) is 10.9 Å². The van der Waals surface area contributed by atoms with Crippen molar-refractivity contribution in [3.05, 3.63) is 11.9 Å². The predicted octanol–water partition coefficient (Wildman–Crippen LogP) is 0.473. The molecule has 0 bridgehead atoms. The molecule has 0 spiro atoms. The maximum Gasteiger partial charge on any atom is 0.244 e. The molecule has 0 fully saturated rings. The quantitative estimate of drug-likeness (QED) is 0.757. The molecule has 0 saturated heterocycles. The smallest absolute Gasteiger partial charge is 0.244 e. The van der Waals surface area contributed by atoms with E-state index in [4.69, 9.17) is 0 Å². The van der Waals surface area contributed by atoms with Gasteiger partial charge in [-0.15, -0.1) is 5.10 Å². The molecule has 1 heterocycles. The number of carbonyl (C=O) groups excluding carboxylic acids is 1. The van der Waals surface area contributed by atoms with E-state index in [2.05, 4.69) is 20.9 Å². The molecular formula is C11H21N5O. The summed E-state index contributed by atoms with van der Waals surface area (Å²) in [4.78, 5) is 11.9. The van der Waals surface area contributed by atoms with Gasteiger partial charge in [-0.2, -0.15) is 0 Å². The van der Waals surface area contributed by atoms with Crippen molar-refractivity contribution < 1.29 is 4.79 Å². The summed E-state index contributed by atoms with van der Waals surface area (Å²) in [6.07, 6.45) is 2.71. The third-order valence-corrected chi connectivity index (χ3v) is 2.69. The monoisotopic (exact) mass is 239 g/mol. The van der Waals surface area contributed by atoms with E-state index >= 15 is 0 Å². The second-order valence-corrected chi connectivity index (χ2v) is 4.21. The van der Waals surface area contributed by atoms with Crippen LogP contribution in [0.5, 0.6) is 0 Å². The summed E-state index contributed by atoms with van der Waals surface area (Å²) in [7, 11) is 1.85. The van der Waals surface area contributed by atoms with Crippen LogP contribution in [0.3, 0.4) is 0 Å². The molecule has 2 unspecified atom stereocenters. The third kappa shape index (κ3) is 3.81. The van der Waals surface area contributed by atoms with Gasteiger partial charge in [-0.1, -0.05) is 12.1 Å². The van der Waals surface area contributed by atoms with Gasteiger partial charge in [-0.3, -0.25) is 4.79 Å². The first kappa shape index (κ1) is 13.6. The molecule has 2 atom stereocenters. The van der Waals surface area contributed by atoms with Gasteiger partial charge in [0, 0.05) is 12.6 Å². The SMILES string of the molecule is CCC(C)NC(=O)C(C)n1cc(CNC)nn1. The van der Waals surface area contributed by atoms with Gasteiger partial charge in [0.15, 0.2) is 0 Å². The lowest BCUT2D eigenvalue weighted by molar-refractivity contribution is -0.124. The number of hydrogen-bond acceptors (Lipinski definition) is 4. The molecule has 0 radical (unpaired) electrons. The minimum absolute atomic E-state index is 0.0275. The summed E-state index contributed by atoms with van der Waals surface area (Å²) in [5.74, 6) is -0.0275. The Balaban J connectivity index is 2.61. The van der Waals surface area contributed by atoms with Gasteiger partial charge in [-0.25, -0.2) is 4.68 Å². The van der Waals surface area contributed by atoms with Gasteiger partial charge in [0.2, 0.25) is 5.91 Å². The fourth-order valence-corrected chi connectivity index (χ4v) is 1.35. The number of carbonyl (C=O) groups is 1. The van der Waals surface area contributed by atoms with Crippen molar-refractivity contribution >= 4 is 5.91 Å². The van der Waals surface area contributed by atoms with E-state index in [0.29, 0.717) is 6.54 Å². The van der Waals surface area contributed by atoms with Crippen LogP contribution in [0.1, 0.15) is 38.9 Å². The van der Waals surface area contributed by atoms with Crippen LogP contribution in [-0.2, 0) is 11.3 Å². The molecule has 1 rings (SSSR count). The van der Waals surface area contributed by atoms with Crippen LogP contribution >= 0.6 is 0 Å². The third-order valence-electron chi connectivity index (χ3n) is 2.69. The highest BCUT2D eigenvalue weighted by molar-refractivity contribution is 5.79. The molecule has 2 N–H and O–H groups in total. The molecule has 0 aliphatic heterocycles. The van der Waals surface area contributed by atoms with Crippen LogP contribution in [-0.4, -0.2) is 34.0 Å². The number of nitrogens with one attached hydrogen (secondary N) is 2. The van der Waals surface area contributed by atoms with Crippen molar-refractivity contribution in [2.45, 2.75) is 45.8 Å². The van der Waals surface area contributed by atoms with Gasteiger partial charge in [0.05, 0.1) is 11.9 Å². The molecule has 6 nitrogen and oxygen atoms in total. The average Bonchev–Trinajstić information content (AvgIpc) is 2.76. The van der Waals surface area contributed by atoms with Crippen LogP contribution in [0.2, 0.25) is 0 Å². The van der Waals surface area contributed by atoms with Crippen LogP contribution in [0.15, 0.2) is 6.20 Å². The fraction of sp³-hybridized carbons (Fsp3) is 0.727. The van der Waals surface area contributed by atoms with Crippen LogP contribution in [0.4, 0.5) is 0 Å². The molecule has 0 aliphatic rings. The van der Waals surface area contributed by atoms with Crippen molar-refractivity contribution in [1.29, 1.82) is 0 Å². The Labute approximate surface area is 102 Å². The first-order valence-corrected chi connectivity index (χ1v) is 5.94. The number of rotatable bonds is 6. The summed E-state index contributed by atoms with van der Waals surface area (Å²) in [5.41, 5.74) is 0.829. The van der Waals surface area contributed by atoms with Gasteiger partial charge in [0.1, 0.15) is 6.04 Å². The van der Waals surface area contributed by atoms with Crippen LogP contribution in [0.25, 0.3) is 0 Å². The fourth-order valence-electron chi connectivity index (χ4n) is 1.35. The molecule has 0 saturated carbocycles.